The van der Waals surface area contributed by atoms with Gasteiger partial charge in [-0.2, -0.15) is 4.99 Å². The number of methoxy groups -OCH3 is 1. The van der Waals surface area contributed by atoms with Gasteiger partial charge < -0.3 is 19.5 Å². The molecular weight excluding hydrogens is 414 g/mol. The number of fused-ring (bicyclic) bond motifs is 2. The first kappa shape index (κ1) is 20.0. The van der Waals surface area contributed by atoms with Crippen molar-refractivity contribution in [3.63, 3.8) is 0 Å². The fraction of sp³-hybridized carbons (Fsp3) is 0.300. The van der Waals surface area contributed by atoms with Crippen molar-refractivity contribution in [1.29, 1.82) is 0 Å². The second-order valence-electron chi connectivity index (χ2n) is 6.73. The Morgan fingerprint density at radius 2 is 2.13 bits per heavy atom. The van der Waals surface area contributed by atoms with E-state index in [1.165, 1.54) is 7.11 Å². The Balaban J connectivity index is 1.36. The van der Waals surface area contributed by atoms with Crippen LogP contribution in [0.3, 0.4) is 0 Å². The summed E-state index contributed by atoms with van der Waals surface area (Å²) in [5.74, 6) is 0.0175. The van der Waals surface area contributed by atoms with Gasteiger partial charge >= 0.3 is 6.03 Å². The number of carbonyl (C=O) groups excluding carboxylic acids is 3. The van der Waals surface area contributed by atoms with Crippen molar-refractivity contribution in [3.05, 3.63) is 46.9 Å². The van der Waals surface area contributed by atoms with Crippen LogP contribution in [-0.2, 0) is 19.1 Å². The molecule has 0 bridgehead atoms. The van der Waals surface area contributed by atoms with E-state index in [0.29, 0.717) is 33.7 Å². The SMILES string of the molecule is COc1ccc(Cl)cc1NC(=O)CCCN1C(=O)N=C2C=C3OCOC3=CC2C1=O. The van der Waals surface area contributed by atoms with Crippen molar-refractivity contribution in [3.8, 4) is 5.75 Å². The lowest BCUT2D eigenvalue weighted by atomic mass is 9.93. The van der Waals surface area contributed by atoms with Gasteiger partial charge in [-0.25, -0.2) is 4.79 Å². The summed E-state index contributed by atoms with van der Waals surface area (Å²) < 4.78 is 15.8. The van der Waals surface area contributed by atoms with Crippen molar-refractivity contribution in [2.24, 2.45) is 10.9 Å². The number of hydrogen-bond acceptors (Lipinski definition) is 6. The van der Waals surface area contributed by atoms with E-state index >= 15 is 0 Å². The van der Waals surface area contributed by atoms with E-state index in [4.69, 9.17) is 25.8 Å². The zero-order valence-corrected chi connectivity index (χ0v) is 16.8. The molecule has 3 aliphatic rings. The summed E-state index contributed by atoms with van der Waals surface area (Å²) >= 11 is 5.96. The Morgan fingerprint density at radius 3 is 2.93 bits per heavy atom. The summed E-state index contributed by atoms with van der Waals surface area (Å²) in [6.45, 7) is 0.137. The standard InChI is InChI=1S/C20H18ClN3O6/c1-28-15-5-4-11(21)7-14(15)22-18(25)3-2-6-24-19(26)12-8-16-17(30-10-29-16)9-13(12)23-20(24)27/h4-5,7-9,12H,2-3,6,10H2,1H3,(H,22,25). The third-order valence-corrected chi connectivity index (χ3v) is 5.03. The van der Waals surface area contributed by atoms with Gasteiger partial charge in [-0.15, -0.1) is 0 Å². The summed E-state index contributed by atoms with van der Waals surface area (Å²) in [6.07, 6.45) is 3.52. The van der Waals surface area contributed by atoms with Gasteiger partial charge in [0.2, 0.25) is 18.6 Å². The maximum Gasteiger partial charge on any atom is 0.350 e. The molecule has 1 N–H and O–H groups in total. The smallest absolute Gasteiger partial charge is 0.350 e. The number of nitrogens with one attached hydrogen (secondary N) is 1. The van der Waals surface area contributed by atoms with E-state index in [-0.39, 0.29) is 32.1 Å². The van der Waals surface area contributed by atoms with Gasteiger partial charge in [0.1, 0.15) is 11.7 Å². The number of halogens is 1. The van der Waals surface area contributed by atoms with Crippen LogP contribution in [0.5, 0.6) is 5.75 Å². The average Bonchev–Trinajstić information content (AvgIpc) is 3.17. The van der Waals surface area contributed by atoms with E-state index in [2.05, 4.69) is 10.3 Å². The molecule has 0 spiro atoms. The highest BCUT2D eigenvalue weighted by Crippen LogP contribution is 2.31. The van der Waals surface area contributed by atoms with Crippen LogP contribution >= 0.6 is 11.6 Å². The molecule has 156 valence electrons. The molecule has 0 saturated carbocycles. The van der Waals surface area contributed by atoms with Crippen LogP contribution in [0, 0.1) is 5.92 Å². The maximum atomic E-state index is 12.8. The maximum absolute atomic E-state index is 12.8. The van der Waals surface area contributed by atoms with E-state index in [1.807, 2.05) is 0 Å². The van der Waals surface area contributed by atoms with E-state index < -0.39 is 17.9 Å². The van der Waals surface area contributed by atoms with Crippen LogP contribution in [-0.4, -0.2) is 48.9 Å². The van der Waals surface area contributed by atoms with Crippen LogP contribution in [0.25, 0.3) is 0 Å². The molecule has 4 amide bonds. The number of ether oxygens (including phenoxy) is 3. The predicted octanol–water partition coefficient (Wildman–Crippen LogP) is 2.87. The first-order chi connectivity index (χ1) is 14.5. The number of amides is 4. The van der Waals surface area contributed by atoms with Gasteiger partial charge in [0.25, 0.3) is 0 Å². The number of hydrogen-bond donors (Lipinski definition) is 1. The second kappa shape index (κ2) is 8.19. The van der Waals surface area contributed by atoms with Crippen molar-refractivity contribution in [2.45, 2.75) is 12.8 Å². The van der Waals surface area contributed by atoms with E-state index in [9.17, 15) is 14.4 Å². The normalized spacial score (nSPS) is 19.6. The quantitative estimate of drug-likeness (QED) is 0.742. The number of carbonyl (C=O) groups is 3. The summed E-state index contributed by atoms with van der Waals surface area (Å²) in [7, 11) is 1.49. The molecule has 1 fully saturated rings. The minimum absolute atomic E-state index is 0.0655. The zero-order chi connectivity index (χ0) is 21.3. The average molecular weight is 432 g/mol. The molecule has 2 aliphatic heterocycles. The Hall–Kier alpha value is -3.33. The summed E-state index contributed by atoms with van der Waals surface area (Å²) in [4.78, 5) is 42.4. The minimum Gasteiger partial charge on any atom is -0.495 e. The van der Waals surface area contributed by atoms with Gasteiger partial charge in [-0.3, -0.25) is 14.5 Å². The Kier molecular flexibility index (Phi) is 5.45. The van der Waals surface area contributed by atoms with Gasteiger partial charge in [0.05, 0.1) is 18.5 Å². The van der Waals surface area contributed by atoms with Gasteiger partial charge in [-0.1, -0.05) is 11.6 Å². The lowest BCUT2D eigenvalue weighted by molar-refractivity contribution is -0.129. The summed E-state index contributed by atoms with van der Waals surface area (Å²) in [6, 6.07) is 4.23. The first-order valence-corrected chi connectivity index (χ1v) is 9.61. The topological polar surface area (TPSA) is 107 Å². The molecule has 1 saturated heterocycles. The fourth-order valence-electron chi connectivity index (χ4n) is 3.33. The lowest BCUT2D eigenvalue weighted by Crippen LogP contribution is -2.46. The number of aliphatic imine (C=N–C) groups is 1. The van der Waals surface area contributed by atoms with Crippen LogP contribution < -0.4 is 10.1 Å². The van der Waals surface area contributed by atoms with Crippen LogP contribution in [0.15, 0.2) is 46.9 Å². The predicted molar refractivity (Wildman–Crippen MR) is 107 cm³/mol. The van der Waals surface area contributed by atoms with Crippen molar-refractivity contribution >= 4 is 40.8 Å². The van der Waals surface area contributed by atoms with Crippen LogP contribution in [0.4, 0.5) is 10.5 Å². The molecule has 1 atom stereocenters. The molecule has 1 aromatic carbocycles. The summed E-state index contributed by atoms with van der Waals surface area (Å²) in [5.41, 5.74) is 0.779. The van der Waals surface area contributed by atoms with E-state index in [0.717, 1.165) is 4.90 Å². The Labute approximate surface area is 176 Å². The third kappa shape index (κ3) is 3.88. The van der Waals surface area contributed by atoms with E-state index in [1.54, 1.807) is 30.4 Å². The number of nitrogens with zero attached hydrogens (tertiary/aromatic N) is 2. The molecule has 1 aromatic rings. The zero-order valence-electron chi connectivity index (χ0n) is 16.0. The van der Waals surface area contributed by atoms with Gasteiger partial charge in [0.15, 0.2) is 11.5 Å². The fourth-order valence-corrected chi connectivity index (χ4v) is 3.50. The highest BCUT2D eigenvalue weighted by molar-refractivity contribution is 6.31. The number of imide groups is 1. The Bertz CT molecular complexity index is 1020. The molecule has 0 aromatic heterocycles. The molecule has 0 radical (unpaired) electrons. The number of anilines is 1. The molecule has 10 heteroatoms. The third-order valence-electron chi connectivity index (χ3n) is 4.80. The Morgan fingerprint density at radius 1 is 1.33 bits per heavy atom. The van der Waals surface area contributed by atoms with Gasteiger partial charge in [-0.05, 0) is 30.7 Å². The number of benzene rings is 1. The van der Waals surface area contributed by atoms with Crippen LogP contribution in [0.1, 0.15) is 12.8 Å². The molecule has 1 unspecified atom stereocenters. The van der Waals surface area contributed by atoms with Gasteiger partial charge in [0, 0.05) is 24.1 Å². The molecule has 9 nitrogen and oxygen atoms in total. The first-order valence-electron chi connectivity index (χ1n) is 9.23. The largest absolute Gasteiger partial charge is 0.495 e. The van der Waals surface area contributed by atoms with Crippen LogP contribution in [0.2, 0.25) is 5.02 Å². The summed E-state index contributed by atoms with van der Waals surface area (Å²) in [5, 5.41) is 3.18. The van der Waals surface area contributed by atoms with Crippen molar-refractivity contribution in [2.75, 3.05) is 25.8 Å². The molecule has 2 heterocycles. The molecule has 1 aliphatic carbocycles. The number of allylic oxidation sites excluding steroid dienone is 1. The molecular formula is C20H18ClN3O6. The molecule has 4 rings (SSSR count). The molecule has 30 heavy (non-hydrogen) atoms. The lowest BCUT2D eigenvalue weighted by Gasteiger charge is -2.28. The minimum atomic E-state index is -0.701. The number of urea groups is 1. The monoisotopic (exact) mass is 431 g/mol. The second-order valence-corrected chi connectivity index (χ2v) is 7.17. The highest BCUT2D eigenvalue weighted by Gasteiger charge is 2.39. The number of rotatable bonds is 6. The highest BCUT2D eigenvalue weighted by atomic mass is 35.5. The van der Waals surface area contributed by atoms with Crippen molar-refractivity contribution in [1.82, 2.24) is 4.90 Å². The van der Waals surface area contributed by atoms with Crippen molar-refractivity contribution < 1.29 is 28.6 Å².